The van der Waals surface area contributed by atoms with Gasteiger partial charge in [0.25, 0.3) is 0 Å². The number of aromatic nitrogens is 2. The van der Waals surface area contributed by atoms with Crippen LogP contribution in [0.4, 0.5) is 5.69 Å². The van der Waals surface area contributed by atoms with E-state index in [0.29, 0.717) is 5.92 Å². The summed E-state index contributed by atoms with van der Waals surface area (Å²) in [6.45, 7) is 0.740. The molecular weight excluding hydrogens is 474 g/mol. The number of carbonyl (C=O) groups is 2. The van der Waals surface area contributed by atoms with Gasteiger partial charge >= 0.3 is 0 Å². The van der Waals surface area contributed by atoms with E-state index in [1.54, 1.807) is 12.3 Å². The van der Waals surface area contributed by atoms with Gasteiger partial charge in [0.2, 0.25) is 11.8 Å². The molecule has 0 radical (unpaired) electrons. The molecule has 196 valence electrons. The van der Waals surface area contributed by atoms with Gasteiger partial charge in [0.15, 0.2) is 0 Å². The first-order valence-corrected chi connectivity index (χ1v) is 13.8. The molecule has 6 rings (SSSR count). The molecule has 5 atom stereocenters. The molecule has 2 N–H and O–H groups in total. The van der Waals surface area contributed by atoms with Crippen molar-refractivity contribution >= 4 is 23.6 Å². The zero-order chi connectivity index (χ0) is 26.1. The maximum absolute atomic E-state index is 14.2. The van der Waals surface area contributed by atoms with Crippen LogP contribution in [0.5, 0.6) is 0 Å². The van der Waals surface area contributed by atoms with Crippen molar-refractivity contribution in [2.24, 2.45) is 18.9 Å². The van der Waals surface area contributed by atoms with Gasteiger partial charge in [-0.15, -0.1) is 0 Å². The molecule has 0 unspecified atom stereocenters. The Morgan fingerprint density at radius 1 is 1.03 bits per heavy atom. The highest BCUT2D eigenvalue weighted by Crippen LogP contribution is 2.51. The molecule has 2 fully saturated rings. The number of hydrogen-bond donors (Lipinski definition) is 2. The third-order valence-electron chi connectivity index (χ3n) is 8.56. The van der Waals surface area contributed by atoms with E-state index < -0.39 is 0 Å². The Morgan fingerprint density at radius 2 is 1.82 bits per heavy atom. The highest BCUT2D eigenvalue weighted by atomic mass is 16.2. The zero-order valence-electron chi connectivity index (χ0n) is 21.8. The van der Waals surface area contributed by atoms with E-state index >= 15 is 0 Å². The molecule has 2 aliphatic heterocycles. The molecule has 1 saturated carbocycles. The number of hydrogen-bond acceptors (Lipinski definition) is 4. The average molecular weight is 510 g/mol. The minimum absolute atomic E-state index is 0.0340. The summed E-state index contributed by atoms with van der Waals surface area (Å²) in [6, 6.07) is 19.0. The molecular formula is C31H35N5O2. The maximum Gasteiger partial charge on any atom is 0.244 e. The van der Waals surface area contributed by atoms with E-state index in [-0.39, 0.29) is 35.9 Å². The lowest BCUT2D eigenvalue weighted by Gasteiger charge is -2.42. The van der Waals surface area contributed by atoms with E-state index in [1.807, 2.05) is 23.9 Å². The van der Waals surface area contributed by atoms with Crippen LogP contribution in [0.3, 0.4) is 0 Å². The molecule has 2 amide bonds. The van der Waals surface area contributed by atoms with Crippen molar-refractivity contribution in [2.75, 3.05) is 11.9 Å². The molecule has 38 heavy (non-hydrogen) atoms. The summed E-state index contributed by atoms with van der Waals surface area (Å²) in [6.07, 6.45) is 11.4. The van der Waals surface area contributed by atoms with Crippen LogP contribution in [0, 0.1) is 11.8 Å². The molecule has 1 saturated heterocycles. The number of rotatable bonds is 5. The second kappa shape index (κ2) is 10.5. The highest BCUT2D eigenvalue weighted by Gasteiger charge is 2.48. The van der Waals surface area contributed by atoms with Crippen LogP contribution in [0.15, 0.2) is 73.1 Å². The first kappa shape index (κ1) is 24.5. The zero-order valence-corrected chi connectivity index (χ0v) is 21.8. The molecule has 1 aromatic heterocycles. The predicted molar refractivity (Wildman–Crippen MR) is 148 cm³/mol. The number of anilines is 1. The quantitative estimate of drug-likeness (QED) is 0.481. The van der Waals surface area contributed by atoms with Crippen LogP contribution in [0.1, 0.15) is 61.1 Å². The number of fused-ring (bicyclic) bond motifs is 3. The van der Waals surface area contributed by atoms with Crippen molar-refractivity contribution in [3.63, 3.8) is 0 Å². The smallest absolute Gasteiger partial charge is 0.244 e. The molecule has 1 aliphatic carbocycles. The maximum atomic E-state index is 14.2. The molecule has 3 aliphatic rings. The molecule has 7 heteroatoms. The molecule has 0 spiro atoms. The van der Waals surface area contributed by atoms with Crippen molar-refractivity contribution in [1.82, 2.24) is 19.8 Å². The first-order valence-electron chi connectivity index (χ1n) is 13.8. The summed E-state index contributed by atoms with van der Waals surface area (Å²) in [4.78, 5) is 33.4. The number of aryl methyl sites for hydroxylation is 1. The lowest BCUT2D eigenvalue weighted by Crippen LogP contribution is -2.49. The lowest BCUT2D eigenvalue weighted by atomic mass is 9.79. The number of nitrogens with zero attached hydrogens (tertiary/aromatic N) is 3. The van der Waals surface area contributed by atoms with Crippen LogP contribution < -0.4 is 10.6 Å². The highest BCUT2D eigenvalue weighted by molar-refractivity contribution is 5.92. The van der Waals surface area contributed by atoms with E-state index in [0.717, 1.165) is 50.2 Å². The summed E-state index contributed by atoms with van der Waals surface area (Å²) >= 11 is 0. The fourth-order valence-corrected chi connectivity index (χ4v) is 6.69. The van der Waals surface area contributed by atoms with Crippen molar-refractivity contribution in [3.8, 4) is 0 Å². The minimum atomic E-state index is -0.203. The fraction of sp³-hybridized carbons (Fsp3) is 0.387. The molecule has 0 bridgehead atoms. The summed E-state index contributed by atoms with van der Waals surface area (Å²) in [7, 11) is 1.89. The van der Waals surface area contributed by atoms with E-state index in [4.69, 9.17) is 0 Å². The number of likely N-dealkylation sites (tertiary alicyclic amines) is 1. The van der Waals surface area contributed by atoms with E-state index in [2.05, 4.69) is 69.0 Å². The van der Waals surface area contributed by atoms with Gasteiger partial charge in [-0.3, -0.25) is 9.59 Å². The average Bonchev–Trinajstić information content (AvgIpc) is 3.58. The first-order chi connectivity index (χ1) is 18.6. The normalized spacial score (nSPS) is 26.4. The standard InChI is InChI=1S/C31H35N5O2/c1-35-20-18-32-27(35)15-16-28(37)33-26-14-8-6-12-23(26)31(38)36-19-17-24-29(21-9-3-2-4-10-21)34-25-13-7-5-11-22(25)30(24)36/h2-5,7,9-11,13,15-16,18,20,23-24,26,29-30,34H,6,8,12,14,17,19H2,1H3,(H,33,37)/b16-15+/t23-,24-,26+,29-,30-/m0/s1. The predicted octanol–water partition coefficient (Wildman–Crippen LogP) is 4.86. The number of nitrogens with one attached hydrogen (secondary N) is 2. The molecule has 3 heterocycles. The molecule has 2 aromatic carbocycles. The van der Waals surface area contributed by atoms with E-state index in [9.17, 15) is 9.59 Å². The summed E-state index contributed by atoms with van der Waals surface area (Å²) < 4.78 is 1.86. The Bertz CT molecular complexity index is 1330. The van der Waals surface area contributed by atoms with Gasteiger partial charge in [-0.2, -0.15) is 0 Å². The monoisotopic (exact) mass is 509 g/mol. The Morgan fingerprint density at radius 3 is 2.63 bits per heavy atom. The van der Waals surface area contributed by atoms with Crippen molar-refractivity contribution in [1.29, 1.82) is 0 Å². The Hall–Kier alpha value is -3.87. The number of amides is 2. The third-order valence-corrected chi connectivity index (χ3v) is 8.56. The number of carbonyl (C=O) groups excluding carboxylic acids is 2. The largest absolute Gasteiger partial charge is 0.378 e. The van der Waals surface area contributed by atoms with Gasteiger partial charge in [0.05, 0.1) is 18.0 Å². The van der Waals surface area contributed by atoms with Crippen LogP contribution in [-0.4, -0.2) is 38.9 Å². The summed E-state index contributed by atoms with van der Waals surface area (Å²) in [5.74, 6) is 0.823. The molecule has 3 aromatic rings. The van der Waals surface area contributed by atoms with Gasteiger partial charge in [-0.25, -0.2) is 4.98 Å². The second-order valence-corrected chi connectivity index (χ2v) is 10.8. The number of benzene rings is 2. The van der Waals surface area contributed by atoms with Gasteiger partial charge in [-0.05, 0) is 42.5 Å². The Labute approximate surface area is 223 Å². The Kier molecular flexibility index (Phi) is 6.75. The van der Waals surface area contributed by atoms with Crippen molar-refractivity contribution in [3.05, 3.63) is 90.0 Å². The van der Waals surface area contributed by atoms with Crippen LogP contribution >= 0.6 is 0 Å². The van der Waals surface area contributed by atoms with Crippen molar-refractivity contribution in [2.45, 2.75) is 50.2 Å². The SMILES string of the molecule is Cn1ccnc1/C=C/C(=O)N[C@@H]1CCCC[C@@H]1C(=O)N1CC[C@H]2[C@H](c3ccccc3)Nc3ccccc3[C@@H]21. The second-order valence-electron chi connectivity index (χ2n) is 10.8. The van der Waals surface area contributed by atoms with Gasteiger partial charge in [0, 0.05) is 49.7 Å². The third kappa shape index (κ3) is 4.62. The van der Waals surface area contributed by atoms with Crippen LogP contribution in [-0.2, 0) is 16.6 Å². The minimum Gasteiger partial charge on any atom is -0.378 e. The number of para-hydroxylation sites is 1. The van der Waals surface area contributed by atoms with Crippen LogP contribution in [0.2, 0.25) is 0 Å². The van der Waals surface area contributed by atoms with Gasteiger partial charge < -0.3 is 20.1 Å². The lowest BCUT2D eigenvalue weighted by molar-refractivity contribution is -0.139. The van der Waals surface area contributed by atoms with Gasteiger partial charge in [-0.1, -0.05) is 61.4 Å². The summed E-state index contributed by atoms with van der Waals surface area (Å²) in [5, 5.41) is 6.94. The van der Waals surface area contributed by atoms with E-state index in [1.165, 1.54) is 17.2 Å². The summed E-state index contributed by atoms with van der Waals surface area (Å²) in [5.41, 5.74) is 3.56. The fourth-order valence-electron chi connectivity index (χ4n) is 6.69. The Balaban J connectivity index is 1.23. The number of imidazole rings is 1. The van der Waals surface area contributed by atoms with Crippen LogP contribution in [0.25, 0.3) is 6.08 Å². The molecule has 7 nitrogen and oxygen atoms in total. The topological polar surface area (TPSA) is 79.3 Å². The van der Waals surface area contributed by atoms with Crippen molar-refractivity contribution < 1.29 is 9.59 Å². The van der Waals surface area contributed by atoms with Gasteiger partial charge in [0.1, 0.15) is 5.82 Å².